The molecule has 0 unspecified atom stereocenters. The Morgan fingerprint density at radius 3 is 2.38 bits per heavy atom. The number of anilines is 1. The van der Waals surface area contributed by atoms with Crippen molar-refractivity contribution in [3.63, 3.8) is 0 Å². The first-order valence-electron chi connectivity index (χ1n) is 4.53. The summed E-state index contributed by atoms with van der Waals surface area (Å²) in [6, 6.07) is 9.02. The lowest BCUT2D eigenvalue weighted by molar-refractivity contribution is 0.100. The molecule has 0 bridgehead atoms. The molecule has 16 heavy (non-hydrogen) atoms. The Morgan fingerprint density at radius 2 is 1.88 bits per heavy atom. The normalized spacial score (nSPS) is 10.3. The van der Waals surface area contributed by atoms with Gasteiger partial charge in [0, 0.05) is 9.90 Å². The van der Waals surface area contributed by atoms with Gasteiger partial charge < -0.3 is 11.5 Å². The molecule has 0 aliphatic heterocycles. The summed E-state index contributed by atoms with van der Waals surface area (Å²) >= 11 is 7.13. The maximum Gasteiger partial charge on any atom is 0.251 e. The van der Waals surface area contributed by atoms with Crippen LogP contribution in [0.2, 0.25) is 5.02 Å². The summed E-state index contributed by atoms with van der Waals surface area (Å²) in [5, 5.41) is 1.11. The van der Waals surface area contributed by atoms with Gasteiger partial charge >= 0.3 is 0 Å². The van der Waals surface area contributed by atoms with E-state index in [4.69, 9.17) is 23.1 Å². The minimum atomic E-state index is -0.506. The van der Waals surface area contributed by atoms with Gasteiger partial charge in [-0.25, -0.2) is 0 Å². The van der Waals surface area contributed by atoms with Gasteiger partial charge in [-0.05, 0) is 23.8 Å². The van der Waals surface area contributed by atoms with Gasteiger partial charge in [0.1, 0.15) is 0 Å². The number of hydrogen-bond donors (Lipinski definition) is 2. The van der Waals surface area contributed by atoms with E-state index >= 15 is 0 Å². The summed E-state index contributed by atoms with van der Waals surface area (Å²) in [6.07, 6.45) is 0. The molecule has 3 nitrogen and oxygen atoms in total. The highest BCUT2D eigenvalue weighted by atomic mass is 35.5. The van der Waals surface area contributed by atoms with Gasteiger partial charge in [-0.2, -0.15) is 0 Å². The maximum atomic E-state index is 11.0. The molecule has 0 saturated carbocycles. The number of carbonyl (C=O) groups is 1. The standard InChI is InChI=1S/C11H9ClN2OS/c12-7-3-1-6(2-4-7)9-5-8(10(13)15)11(14)16-9/h1-5H,14H2,(H2,13,15). The number of rotatable bonds is 2. The number of hydrogen-bond acceptors (Lipinski definition) is 3. The third-order valence-electron chi connectivity index (χ3n) is 2.16. The number of benzene rings is 1. The molecule has 0 spiro atoms. The monoisotopic (exact) mass is 252 g/mol. The Hall–Kier alpha value is -1.52. The lowest BCUT2D eigenvalue weighted by Gasteiger charge is -1.96. The summed E-state index contributed by atoms with van der Waals surface area (Å²) in [5.74, 6) is -0.506. The van der Waals surface area contributed by atoms with Gasteiger partial charge in [0.15, 0.2) is 0 Å². The molecular weight excluding hydrogens is 244 g/mol. The Morgan fingerprint density at radius 1 is 1.25 bits per heavy atom. The van der Waals surface area contributed by atoms with Crippen molar-refractivity contribution in [1.29, 1.82) is 0 Å². The van der Waals surface area contributed by atoms with Gasteiger partial charge in [-0.1, -0.05) is 23.7 Å². The summed E-state index contributed by atoms with van der Waals surface area (Å²) in [4.78, 5) is 12.0. The number of amides is 1. The van der Waals surface area contributed by atoms with Crippen LogP contribution in [0.15, 0.2) is 30.3 Å². The highest BCUT2D eigenvalue weighted by molar-refractivity contribution is 7.19. The van der Waals surface area contributed by atoms with Gasteiger partial charge in [0.2, 0.25) is 0 Å². The molecule has 0 saturated heterocycles. The molecule has 1 aromatic carbocycles. The third-order valence-corrected chi connectivity index (χ3v) is 3.42. The fourth-order valence-corrected chi connectivity index (χ4v) is 2.42. The minimum absolute atomic E-state index is 0.370. The van der Waals surface area contributed by atoms with Gasteiger partial charge in [-0.15, -0.1) is 11.3 Å². The van der Waals surface area contributed by atoms with E-state index in [1.807, 2.05) is 12.1 Å². The van der Waals surface area contributed by atoms with E-state index in [0.29, 0.717) is 15.6 Å². The second kappa shape index (κ2) is 4.15. The number of thiophene rings is 1. The molecule has 0 aliphatic rings. The molecule has 1 amide bonds. The number of nitrogen functional groups attached to an aromatic ring is 1. The molecule has 4 N–H and O–H groups in total. The molecule has 0 fully saturated rings. The van der Waals surface area contributed by atoms with Crippen LogP contribution in [0, 0.1) is 0 Å². The van der Waals surface area contributed by atoms with E-state index in [1.54, 1.807) is 18.2 Å². The van der Waals surface area contributed by atoms with Crippen molar-refractivity contribution in [3.8, 4) is 10.4 Å². The Kier molecular flexibility index (Phi) is 2.85. The van der Waals surface area contributed by atoms with E-state index in [0.717, 1.165) is 10.4 Å². The van der Waals surface area contributed by atoms with Crippen LogP contribution in [0.3, 0.4) is 0 Å². The van der Waals surface area contributed by atoms with Crippen LogP contribution in [0.1, 0.15) is 10.4 Å². The van der Waals surface area contributed by atoms with Crippen molar-refractivity contribution in [2.24, 2.45) is 5.73 Å². The van der Waals surface area contributed by atoms with Crippen LogP contribution in [-0.2, 0) is 0 Å². The number of primary amides is 1. The topological polar surface area (TPSA) is 69.1 Å². The van der Waals surface area contributed by atoms with Crippen molar-refractivity contribution < 1.29 is 4.79 Å². The number of halogens is 1. The predicted molar refractivity (Wildman–Crippen MR) is 67.7 cm³/mol. The van der Waals surface area contributed by atoms with Crippen LogP contribution in [0.25, 0.3) is 10.4 Å². The molecule has 1 aromatic heterocycles. The Balaban J connectivity index is 2.45. The highest BCUT2D eigenvalue weighted by Gasteiger charge is 2.11. The van der Waals surface area contributed by atoms with Gasteiger partial charge in [0.25, 0.3) is 5.91 Å². The first-order chi connectivity index (χ1) is 7.58. The van der Waals surface area contributed by atoms with E-state index in [9.17, 15) is 4.79 Å². The van der Waals surface area contributed by atoms with E-state index < -0.39 is 5.91 Å². The zero-order valence-corrected chi connectivity index (χ0v) is 9.81. The van der Waals surface area contributed by atoms with Crippen LogP contribution in [0.5, 0.6) is 0 Å². The average Bonchev–Trinajstić information content (AvgIpc) is 2.61. The fourth-order valence-electron chi connectivity index (χ4n) is 1.35. The van der Waals surface area contributed by atoms with Crippen molar-refractivity contribution in [3.05, 3.63) is 40.9 Å². The van der Waals surface area contributed by atoms with Crippen LogP contribution >= 0.6 is 22.9 Å². The molecule has 5 heteroatoms. The van der Waals surface area contributed by atoms with E-state index in [2.05, 4.69) is 0 Å². The lowest BCUT2D eigenvalue weighted by Crippen LogP contribution is -2.11. The largest absolute Gasteiger partial charge is 0.390 e. The second-order valence-electron chi connectivity index (χ2n) is 3.26. The summed E-state index contributed by atoms with van der Waals surface area (Å²) < 4.78 is 0. The highest BCUT2D eigenvalue weighted by Crippen LogP contribution is 2.33. The van der Waals surface area contributed by atoms with Gasteiger partial charge in [-0.3, -0.25) is 4.79 Å². The predicted octanol–water partition coefficient (Wildman–Crippen LogP) is 2.75. The van der Waals surface area contributed by atoms with Crippen molar-refractivity contribution in [2.75, 3.05) is 5.73 Å². The van der Waals surface area contributed by atoms with Crippen LogP contribution in [-0.4, -0.2) is 5.91 Å². The number of nitrogens with two attached hydrogens (primary N) is 2. The number of carbonyl (C=O) groups excluding carboxylic acids is 1. The van der Waals surface area contributed by atoms with Crippen molar-refractivity contribution in [2.45, 2.75) is 0 Å². The summed E-state index contributed by atoms with van der Waals surface area (Å²) in [6.45, 7) is 0. The molecule has 0 radical (unpaired) electrons. The molecular formula is C11H9ClN2OS. The van der Waals surface area contributed by atoms with E-state index in [-0.39, 0.29) is 0 Å². The van der Waals surface area contributed by atoms with Crippen molar-refractivity contribution in [1.82, 2.24) is 0 Å². The van der Waals surface area contributed by atoms with Crippen molar-refractivity contribution >= 4 is 33.8 Å². The molecule has 2 rings (SSSR count). The molecule has 82 valence electrons. The first kappa shape index (κ1) is 11.0. The molecule has 1 heterocycles. The average molecular weight is 253 g/mol. The zero-order chi connectivity index (χ0) is 11.7. The lowest BCUT2D eigenvalue weighted by atomic mass is 10.1. The molecule has 0 aliphatic carbocycles. The third kappa shape index (κ3) is 2.03. The Bertz CT molecular complexity index is 533. The molecule has 2 aromatic rings. The van der Waals surface area contributed by atoms with Crippen LogP contribution < -0.4 is 11.5 Å². The van der Waals surface area contributed by atoms with Gasteiger partial charge in [0.05, 0.1) is 10.6 Å². The summed E-state index contributed by atoms with van der Waals surface area (Å²) in [7, 11) is 0. The zero-order valence-electron chi connectivity index (χ0n) is 8.24. The second-order valence-corrected chi connectivity index (χ2v) is 4.78. The molecule has 0 atom stereocenters. The maximum absolute atomic E-state index is 11.0. The fraction of sp³-hybridized carbons (Fsp3) is 0. The van der Waals surface area contributed by atoms with E-state index in [1.165, 1.54) is 11.3 Å². The first-order valence-corrected chi connectivity index (χ1v) is 5.72. The SMILES string of the molecule is NC(=O)c1cc(-c2ccc(Cl)cc2)sc1N. The van der Waals surface area contributed by atoms with Crippen LogP contribution in [0.4, 0.5) is 5.00 Å². The summed E-state index contributed by atoms with van der Waals surface area (Å²) in [5.41, 5.74) is 12.2. The minimum Gasteiger partial charge on any atom is -0.390 e. The smallest absolute Gasteiger partial charge is 0.251 e. The Labute approximate surface area is 102 Å². The quantitative estimate of drug-likeness (QED) is 0.863.